The summed E-state index contributed by atoms with van der Waals surface area (Å²) in [6.07, 6.45) is 0. The van der Waals surface area contributed by atoms with Crippen molar-refractivity contribution in [3.05, 3.63) is 28.8 Å². The second-order valence-electron chi connectivity index (χ2n) is 3.95. The average Bonchev–Trinajstić information content (AvgIpc) is 2.30. The van der Waals surface area contributed by atoms with E-state index in [2.05, 4.69) is 10.6 Å². The van der Waals surface area contributed by atoms with E-state index >= 15 is 0 Å². The number of benzene rings is 1. The molecule has 0 spiro atoms. The number of aliphatic carboxylic acids is 1. The van der Waals surface area contributed by atoms with Gasteiger partial charge in [-0.25, -0.2) is 0 Å². The molecule has 1 aromatic carbocycles. The summed E-state index contributed by atoms with van der Waals surface area (Å²) in [5.41, 5.74) is 1.51. The van der Waals surface area contributed by atoms with Crippen molar-refractivity contribution in [3.63, 3.8) is 0 Å². The highest BCUT2D eigenvalue weighted by molar-refractivity contribution is 6.31. The van der Waals surface area contributed by atoms with Crippen molar-refractivity contribution in [3.8, 4) is 0 Å². The van der Waals surface area contributed by atoms with Crippen molar-refractivity contribution in [2.45, 2.75) is 19.9 Å². The molecule has 0 heterocycles. The minimum atomic E-state index is -0.998. The Labute approximate surface area is 110 Å². The number of carbonyl (C=O) groups is 2. The molecule has 0 unspecified atom stereocenters. The lowest BCUT2D eigenvalue weighted by Crippen LogP contribution is -2.39. The average molecular weight is 271 g/mol. The Bertz CT molecular complexity index is 463. The monoisotopic (exact) mass is 270 g/mol. The van der Waals surface area contributed by atoms with E-state index < -0.39 is 12.0 Å². The number of halogens is 1. The van der Waals surface area contributed by atoms with Crippen LogP contribution in [0, 0.1) is 6.92 Å². The minimum Gasteiger partial charge on any atom is -0.480 e. The van der Waals surface area contributed by atoms with Crippen LogP contribution in [0.5, 0.6) is 0 Å². The van der Waals surface area contributed by atoms with Gasteiger partial charge >= 0.3 is 5.97 Å². The zero-order chi connectivity index (χ0) is 13.7. The number of aryl methyl sites for hydroxylation is 1. The summed E-state index contributed by atoms with van der Waals surface area (Å²) >= 11 is 5.82. The van der Waals surface area contributed by atoms with Crippen LogP contribution < -0.4 is 10.6 Å². The summed E-state index contributed by atoms with van der Waals surface area (Å²) in [5.74, 6) is -1.31. The van der Waals surface area contributed by atoms with Gasteiger partial charge in [0.2, 0.25) is 5.91 Å². The Morgan fingerprint density at radius 3 is 2.72 bits per heavy atom. The van der Waals surface area contributed by atoms with Crippen LogP contribution >= 0.6 is 11.6 Å². The summed E-state index contributed by atoms with van der Waals surface area (Å²) < 4.78 is 0. The van der Waals surface area contributed by atoms with E-state index in [9.17, 15) is 9.59 Å². The van der Waals surface area contributed by atoms with Crippen LogP contribution in [0.1, 0.15) is 12.5 Å². The quantitative estimate of drug-likeness (QED) is 0.760. The third-order valence-corrected chi connectivity index (χ3v) is 2.65. The molecule has 1 rings (SSSR count). The highest BCUT2D eigenvalue weighted by Gasteiger charge is 2.12. The molecule has 0 bridgehead atoms. The van der Waals surface area contributed by atoms with Crippen LogP contribution in [0.2, 0.25) is 5.02 Å². The number of carbonyl (C=O) groups excluding carboxylic acids is 1. The van der Waals surface area contributed by atoms with Gasteiger partial charge in [-0.05, 0) is 31.5 Å². The summed E-state index contributed by atoms with van der Waals surface area (Å²) in [7, 11) is 0. The molecule has 1 amide bonds. The number of hydrogen-bond donors (Lipinski definition) is 3. The van der Waals surface area contributed by atoms with Crippen LogP contribution in [-0.4, -0.2) is 29.6 Å². The van der Waals surface area contributed by atoms with Gasteiger partial charge in [-0.15, -0.1) is 0 Å². The van der Waals surface area contributed by atoms with Crippen molar-refractivity contribution in [1.29, 1.82) is 0 Å². The number of nitrogens with one attached hydrogen (secondary N) is 2. The van der Waals surface area contributed by atoms with Gasteiger partial charge in [0.25, 0.3) is 0 Å². The first kappa shape index (κ1) is 14.5. The third-order valence-electron chi connectivity index (χ3n) is 2.41. The zero-order valence-electron chi connectivity index (χ0n) is 10.2. The molecule has 0 saturated heterocycles. The largest absolute Gasteiger partial charge is 0.480 e. The highest BCUT2D eigenvalue weighted by Crippen LogP contribution is 2.19. The van der Waals surface area contributed by atoms with Gasteiger partial charge in [-0.3, -0.25) is 14.9 Å². The molecule has 0 aromatic heterocycles. The lowest BCUT2D eigenvalue weighted by molar-refractivity contribution is -0.139. The predicted molar refractivity (Wildman–Crippen MR) is 69.9 cm³/mol. The number of anilines is 1. The normalized spacial score (nSPS) is 11.9. The molecule has 0 aliphatic heterocycles. The number of carboxylic acids is 1. The van der Waals surface area contributed by atoms with E-state index in [4.69, 9.17) is 16.7 Å². The molecule has 0 fully saturated rings. The van der Waals surface area contributed by atoms with E-state index in [0.29, 0.717) is 10.7 Å². The second kappa shape index (κ2) is 6.37. The fourth-order valence-corrected chi connectivity index (χ4v) is 1.43. The number of rotatable bonds is 5. The maximum Gasteiger partial charge on any atom is 0.320 e. The number of amides is 1. The molecule has 1 atom stereocenters. The van der Waals surface area contributed by atoms with Crippen LogP contribution in [0.4, 0.5) is 5.69 Å². The lowest BCUT2D eigenvalue weighted by Gasteiger charge is -2.11. The summed E-state index contributed by atoms with van der Waals surface area (Å²) in [6, 6.07) is 4.41. The van der Waals surface area contributed by atoms with Gasteiger partial charge in [0.05, 0.1) is 6.54 Å². The molecule has 6 heteroatoms. The van der Waals surface area contributed by atoms with Crippen molar-refractivity contribution in [2.24, 2.45) is 0 Å². The van der Waals surface area contributed by atoms with E-state index in [1.807, 2.05) is 6.92 Å². The molecular weight excluding hydrogens is 256 g/mol. The van der Waals surface area contributed by atoms with Crippen LogP contribution in [-0.2, 0) is 9.59 Å². The molecule has 0 saturated carbocycles. The van der Waals surface area contributed by atoms with Crippen molar-refractivity contribution < 1.29 is 14.7 Å². The molecular formula is C12H15ClN2O3. The van der Waals surface area contributed by atoms with Crippen molar-refractivity contribution >= 4 is 29.2 Å². The highest BCUT2D eigenvalue weighted by atomic mass is 35.5. The molecule has 0 aliphatic carbocycles. The number of hydrogen-bond acceptors (Lipinski definition) is 3. The van der Waals surface area contributed by atoms with Crippen molar-refractivity contribution in [2.75, 3.05) is 11.9 Å². The zero-order valence-corrected chi connectivity index (χ0v) is 10.9. The molecule has 0 aliphatic rings. The van der Waals surface area contributed by atoms with E-state index in [1.165, 1.54) is 6.92 Å². The molecule has 98 valence electrons. The SMILES string of the molecule is Cc1ccc(Cl)cc1NC(=O)CN[C@H](C)C(=O)O. The van der Waals surface area contributed by atoms with Crippen molar-refractivity contribution in [1.82, 2.24) is 5.32 Å². The van der Waals surface area contributed by atoms with Gasteiger partial charge in [0.1, 0.15) is 6.04 Å². The maximum atomic E-state index is 11.6. The summed E-state index contributed by atoms with van der Waals surface area (Å²) in [6.45, 7) is 3.25. The van der Waals surface area contributed by atoms with E-state index in [0.717, 1.165) is 5.56 Å². The van der Waals surface area contributed by atoms with Gasteiger partial charge in [0.15, 0.2) is 0 Å². The first-order valence-corrected chi connectivity index (χ1v) is 5.80. The molecule has 5 nitrogen and oxygen atoms in total. The Morgan fingerprint density at radius 1 is 1.44 bits per heavy atom. The van der Waals surface area contributed by atoms with E-state index in [-0.39, 0.29) is 12.5 Å². The van der Waals surface area contributed by atoms with Gasteiger partial charge in [0, 0.05) is 10.7 Å². The molecule has 1 aromatic rings. The molecule has 3 N–H and O–H groups in total. The second-order valence-corrected chi connectivity index (χ2v) is 4.38. The third kappa shape index (κ3) is 4.35. The fourth-order valence-electron chi connectivity index (χ4n) is 1.26. The minimum absolute atomic E-state index is 0.0700. The summed E-state index contributed by atoms with van der Waals surface area (Å²) in [5, 5.41) is 14.4. The summed E-state index contributed by atoms with van der Waals surface area (Å²) in [4.78, 5) is 22.2. The van der Waals surface area contributed by atoms with Gasteiger partial charge < -0.3 is 10.4 Å². The van der Waals surface area contributed by atoms with Crippen LogP contribution in [0.15, 0.2) is 18.2 Å². The van der Waals surface area contributed by atoms with Crippen LogP contribution in [0.3, 0.4) is 0 Å². The van der Waals surface area contributed by atoms with Crippen LogP contribution in [0.25, 0.3) is 0 Å². The molecule has 18 heavy (non-hydrogen) atoms. The first-order chi connectivity index (χ1) is 8.40. The standard InChI is InChI=1S/C12H15ClN2O3/c1-7-3-4-9(13)5-10(7)15-11(16)6-14-8(2)12(17)18/h3-5,8,14H,6H2,1-2H3,(H,15,16)(H,17,18)/t8-/m1/s1. The fraction of sp³-hybridized carbons (Fsp3) is 0.333. The Kier molecular flexibility index (Phi) is 5.12. The number of carboxylic acid groups (broad SMARTS) is 1. The van der Waals surface area contributed by atoms with Gasteiger partial charge in [-0.1, -0.05) is 17.7 Å². The van der Waals surface area contributed by atoms with Gasteiger partial charge in [-0.2, -0.15) is 0 Å². The lowest BCUT2D eigenvalue weighted by atomic mass is 10.2. The Balaban J connectivity index is 2.54. The first-order valence-electron chi connectivity index (χ1n) is 5.42. The Morgan fingerprint density at radius 2 is 2.11 bits per heavy atom. The smallest absolute Gasteiger partial charge is 0.320 e. The predicted octanol–water partition coefficient (Wildman–Crippen LogP) is 1.65. The molecule has 0 radical (unpaired) electrons. The Hall–Kier alpha value is -1.59. The van der Waals surface area contributed by atoms with E-state index in [1.54, 1.807) is 18.2 Å². The topological polar surface area (TPSA) is 78.4 Å². The maximum absolute atomic E-state index is 11.6.